The quantitative estimate of drug-likeness (QED) is 0.103. The molecule has 0 unspecified atom stereocenters. The maximum absolute atomic E-state index is 14.5. The molecule has 3 saturated heterocycles. The van der Waals surface area contributed by atoms with E-state index in [1.54, 1.807) is 34.6 Å². The molecule has 0 radical (unpaired) electrons. The van der Waals surface area contributed by atoms with E-state index >= 15 is 0 Å². The highest BCUT2D eigenvalue weighted by Gasteiger charge is 2.52. The fourth-order valence-corrected chi connectivity index (χ4v) is 11.0. The first kappa shape index (κ1) is 56.8. The Balaban J connectivity index is 1.37. The first-order valence-electron chi connectivity index (χ1n) is 24.7. The van der Waals surface area contributed by atoms with Gasteiger partial charge in [0, 0.05) is 80.2 Å². The highest BCUT2D eigenvalue weighted by molar-refractivity contribution is 14.1. The Hall–Kier alpha value is -2.08. The molecular formula is C50H84IN5O12. The zero-order valence-corrected chi connectivity index (χ0v) is 45.1. The Kier molecular flexibility index (Phi) is 20.5. The lowest BCUT2D eigenvalue weighted by Gasteiger charge is -2.48. The van der Waals surface area contributed by atoms with E-state index in [4.69, 9.17) is 33.2 Å². The minimum absolute atomic E-state index is 0.0789. The van der Waals surface area contributed by atoms with E-state index in [9.17, 15) is 25.2 Å². The number of aliphatic hydroxyl groups excluding tert-OH is 2. The van der Waals surface area contributed by atoms with Gasteiger partial charge in [-0.1, -0.05) is 26.0 Å². The summed E-state index contributed by atoms with van der Waals surface area (Å²) in [7, 11) is 5.50. The van der Waals surface area contributed by atoms with Gasteiger partial charge in [-0.15, -0.1) is 5.10 Å². The highest BCUT2D eigenvalue weighted by atomic mass is 127. The number of ether oxygens (including phenoxy) is 7. The normalized spacial score (nSPS) is 39.5. The average Bonchev–Trinajstić information content (AvgIpc) is 3.75. The van der Waals surface area contributed by atoms with E-state index in [0.29, 0.717) is 32.5 Å². The molecule has 1 aromatic heterocycles. The van der Waals surface area contributed by atoms with Gasteiger partial charge in [-0.3, -0.25) is 9.48 Å². The SMILES string of the molecule is CC[C@H]1OC(=O)[C@H](C)[C@@H](O[C@H]2C[C@@](C)(OC)[C@@H](O)[C@H](C)O2)[C@H](C)[C@@H](O[C@H]2C[C@@H](N(C)CCc3cn(CCCOc4ccc(I)cc4)nn3)C[C@@H](C)O2)[C@](C)(O)C[C@@H](C)CN(C)[C@H](C)[C@@H](O)[C@]1(C)O. The second-order valence-corrected chi connectivity index (χ2v) is 22.2. The zero-order chi connectivity index (χ0) is 50.3. The van der Waals surface area contributed by atoms with Crippen LogP contribution in [0.25, 0.3) is 0 Å². The summed E-state index contributed by atoms with van der Waals surface area (Å²) in [5.41, 5.74) is -3.41. The van der Waals surface area contributed by atoms with E-state index in [2.05, 4.69) is 44.9 Å². The number of likely N-dealkylation sites (N-methyl/N-ethyl adjacent to an activating group) is 2. The van der Waals surface area contributed by atoms with E-state index in [0.717, 1.165) is 34.4 Å². The molecule has 0 amide bonds. The number of hydrogen-bond donors (Lipinski definition) is 4. The predicted molar refractivity (Wildman–Crippen MR) is 265 cm³/mol. The minimum atomic E-state index is -1.80. The maximum atomic E-state index is 14.5. The van der Waals surface area contributed by atoms with Crippen LogP contribution in [0.5, 0.6) is 5.75 Å². The second kappa shape index (κ2) is 24.6. The van der Waals surface area contributed by atoms with Gasteiger partial charge < -0.3 is 63.4 Å². The number of methoxy groups -OCH3 is 1. The standard InChI is InChI=1S/C50H84IN5O12/c1-14-40-50(10,61)44(57)34(6)55(12)28-30(2)26-48(8,60)46(32(4)43(33(5)47(59)66-40)67-42-27-49(9,62-13)45(58)35(7)65-42)68-41-25-38(24-31(3)64-41)54(11)22-20-37-29-56(53-52-37)21-15-23-63-39-18-16-36(51)17-19-39/h16-19,29-35,38,40-46,57-58,60-61H,14-15,20-28H2,1-13H3/t30-,31-,32+,33-,34-,35+,38+,40-,41+,42+,43+,44-,45+,46-,48-,49-,50-/m1/s1. The molecule has 3 aliphatic heterocycles. The summed E-state index contributed by atoms with van der Waals surface area (Å²) in [6.07, 6.45) is -2.20. The summed E-state index contributed by atoms with van der Waals surface area (Å²) >= 11 is 2.28. The Morgan fingerprint density at radius 3 is 2.31 bits per heavy atom. The number of halogens is 1. The molecule has 0 saturated carbocycles. The molecule has 1 aromatic carbocycles. The third kappa shape index (κ3) is 14.5. The number of aromatic nitrogens is 3. The monoisotopic (exact) mass is 1070 g/mol. The molecule has 2 aromatic rings. The van der Waals surface area contributed by atoms with Crippen molar-refractivity contribution >= 4 is 28.6 Å². The van der Waals surface area contributed by atoms with Crippen LogP contribution in [0.2, 0.25) is 0 Å². The molecule has 3 aliphatic rings. The highest BCUT2D eigenvalue weighted by Crippen LogP contribution is 2.40. The molecule has 4 heterocycles. The van der Waals surface area contributed by atoms with Crippen molar-refractivity contribution in [3.63, 3.8) is 0 Å². The molecule has 388 valence electrons. The lowest BCUT2D eigenvalue weighted by atomic mass is 9.77. The first-order chi connectivity index (χ1) is 31.9. The van der Waals surface area contributed by atoms with Gasteiger partial charge in [-0.05, 0) is 135 Å². The van der Waals surface area contributed by atoms with Crippen molar-refractivity contribution in [2.75, 3.05) is 40.9 Å². The summed E-state index contributed by atoms with van der Waals surface area (Å²) in [5, 5.41) is 56.2. The summed E-state index contributed by atoms with van der Waals surface area (Å²) in [6, 6.07) is 7.55. The number of nitrogens with zero attached hydrogens (tertiary/aromatic N) is 5. The molecule has 17 atom stereocenters. The van der Waals surface area contributed by atoms with E-state index in [1.807, 2.05) is 74.8 Å². The summed E-state index contributed by atoms with van der Waals surface area (Å²) in [4.78, 5) is 18.7. The molecule has 0 aliphatic carbocycles. The number of carbonyl (C=O) groups excluding carboxylic acids is 1. The molecule has 4 N–H and O–H groups in total. The summed E-state index contributed by atoms with van der Waals surface area (Å²) in [5.74, 6) is -1.58. The third-order valence-electron chi connectivity index (χ3n) is 14.9. The minimum Gasteiger partial charge on any atom is -0.494 e. The predicted octanol–water partition coefficient (Wildman–Crippen LogP) is 5.21. The molecular weight excluding hydrogens is 989 g/mol. The first-order valence-corrected chi connectivity index (χ1v) is 25.8. The van der Waals surface area contributed by atoms with E-state index in [-0.39, 0.29) is 37.3 Å². The van der Waals surface area contributed by atoms with Crippen molar-refractivity contribution in [1.29, 1.82) is 0 Å². The Bertz CT molecular complexity index is 1860. The van der Waals surface area contributed by atoms with Crippen LogP contribution in [0.1, 0.15) is 113 Å². The largest absolute Gasteiger partial charge is 0.494 e. The fraction of sp³-hybridized carbons (Fsp3) is 0.820. The van der Waals surface area contributed by atoms with Gasteiger partial charge >= 0.3 is 5.97 Å². The summed E-state index contributed by atoms with van der Waals surface area (Å²) < 4.78 is 47.6. The van der Waals surface area contributed by atoms with Crippen LogP contribution in [0, 0.1) is 21.3 Å². The lowest BCUT2D eigenvalue weighted by Crippen LogP contribution is -2.59. The van der Waals surface area contributed by atoms with Gasteiger partial charge in [0.2, 0.25) is 0 Å². The molecule has 5 rings (SSSR count). The van der Waals surface area contributed by atoms with Crippen molar-refractivity contribution < 1.29 is 58.4 Å². The number of hydrogen-bond acceptors (Lipinski definition) is 16. The molecule has 17 nitrogen and oxygen atoms in total. The van der Waals surface area contributed by atoms with Crippen molar-refractivity contribution in [3.05, 3.63) is 39.7 Å². The molecule has 0 bridgehead atoms. The lowest BCUT2D eigenvalue weighted by molar-refractivity contribution is -0.308. The van der Waals surface area contributed by atoms with Crippen LogP contribution in [0.4, 0.5) is 0 Å². The topological polar surface area (TPSA) is 200 Å². The number of cyclic esters (lactones) is 1. The van der Waals surface area contributed by atoms with Crippen LogP contribution in [0.3, 0.4) is 0 Å². The third-order valence-corrected chi connectivity index (χ3v) is 15.7. The number of aryl methyl sites for hydroxylation is 1. The Labute approximate surface area is 419 Å². The van der Waals surface area contributed by atoms with Crippen LogP contribution in [-0.2, 0) is 46.2 Å². The fourth-order valence-electron chi connectivity index (χ4n) is 10.6. The molecule has 18 heteroatoms. The van der Waals surface area contributed by atoms with Crippen molar-refractivity contribution in [1.82, 2.24) is 24.8 Å². The molecule has 68 heavy (non-hydrogen) atoms. The van der Waals surface area contributed by atoms with Gasteiger partial charge in [0.1, 0.15) is 29.7 Å². The summed E-state index contributed by atoms with van der Waals surface area (Å²) in [6.45, 7) is 20.6. The van der Waals surface area contributed by atoms with Crippen LogP contribution < -0.4 is 4.74 Å². The van der Waals surface area contributed by atoms with Crippen molar-refractivity contribution in [3.8, 4) is 5.75 Å². The Morgan fingerprint density at radius 2 is 1.65 bits per heavy atom. The number of rotatable bonds is 15. The van der Waals surface area contributed by atoms with Gasteiger partial charge in [0.15, 0.2) is 12.6 Å². The maximum Gasteiger partial charge on any atom is 0.311 e. The van der Waals surface area contributed by atoms with Crippen LogP contribution >= 0.6 is 22.6 Å². The van der Waals surface area contributed by atoms with Crippen LogP contribution in [-0.4, -0.2) is 176 Å². The number of aliphatic hydroxyl groups is 4. The van der Waals surface area contributed by atoms with E-state index < -0.39 is 89.9 Å². The van der Waals surface area contributed by atoms with Gasteiger partial charge in [0.05, 0.1) is 53.8 Å². The van der Waals surface area contributed by atoms with Gasteiger partial charge in [-0.25, -0.2) is 0 Å². The number of benzene rings is 1. The van der Waals surface area contributed by atoms with Crippen molar-refractivity contribution in [2.24, 2.45) is 17.8 Å². The number of esters is 1. The average molecular weight is 1070 g/mol. The zero-order valence-electron chi connectivity index (χ0n) is 42.9. The number of carbonyl (C=O) groups is 1. The van der Waals surface area contributed by atoms with Crippen molar-refractivity contribution in [2.45, 2.75) is 205 Å². The molecule has 3 fully saturated rings. The van der Waals surface area contributed by atoms with Gasteiger partial charge in [0.25, 0.3) is 0 Å². The Morgan fingerprint density at radius 1 is 0.956 bits per heavy atom. The smallest absolute Gasteiger partial charge is 0.311 e. The van der Waals surface area contributed by atoms with Gasteiger partial charge in [-0.2, -0.15) is 0 Å². The second-order valence-electron chi connectivity index (χ2n) is 21.0. The van der Waals surface area contributed by atoms with Crippen LogP contribution in [0.15, 0.2) is 30.5 Å². The van der Waals surface area contributed by atoms with E-state index in [1.165, 1.54) is 14.0 Å². The molecule has 0 spiro atoms.